The van der Waals surface area contributed by atoms with Crippen molar-refractivity contribution in [3.05, 3.63) is 0 Å². The van der Waals surface area contributed by atoms with Gasteiger partial charge in [-0.15, -0.1) is 0 Å². The molecule has 1 unspecified atom stereocenters. The summed E-state index contributed by atoms with van der Waals surface area (Å²) in [5.74, 6) is 0.821. The topological polar surface area (TPSA) is 38.3 Å². The lowest BCUT2D eigenvalue weighted by Gasteiger charge is -2.26. The van der Waals surface area contributed by atoms with E-state index in [4.69, 9.17) is 4.74 Å². The predicted octanol–water partition coefficient (Wildman–Crippen LogP) is 1.33. The van der Waals surface area contributed by atoms with Gasteiger partial charge in [0.2, 0.25) is 0 Å². The third-order valence-corrected chi connectivity index (χ3v) is 3.30. The molecule has 1 saturated heterocycles. The molecule has 0 radical (unpaired) electrons. The molecule has 2 rings (SSSR count). The fraction of sp³-hybridized carbons (Fsp3) is 0.909. The first-order valence-corrected chi connectivity index (χ1v) is 5.73. The maximum atomic E-state index is 11.4. The van der Waals surface area contributed by atoms with E-state index in [2.05, 4.69) is 5.32 Å². The number of piperidine rings is 1. The largest absolute Gasteiger partial charge is 0.465 e. The first-order chi connectivity index (χ1) is 6.86. The Kier molecular flexibility index (Phi) is 3.40. The Labute approximate surface area is 85.2 Å². The van der Waals surface area contributed by atoms with Crippen LogP contribution in [0.15, 0.2) is 0 Å². The highest BCUT2D eigenvalue weighted by Gasteiger charge is 2.27. The van der Waals surface area contributed by atoms with E-state index in [1.54, 1.807) is 0 Å². The number of rotatable bonds is 3. The lowest BCUT2D eigenvalue weighted by atomic mass is 9.86. The van der Waals surface area contributed by atoms with Crippen LogP contribution in [-0.2, 0) is 9.53 Å². The van der Waals surface area contributed by atoms with Gasteiger partial charge in [0, 0.05) is 12.5 Å². The van der Waals surface area contributed by atoms with Gasteiger partial charge in [0.05, 0.1) is 12.5 Å². The second-order valence-electron chi connectivity index (χ2n) is 4.47. The van der Waals surface area contributed by atoms with Crippen molar-refractivity contribution in [3.8, 4) is 0 Å². The van der Waals surface area contributed by atoms with Gasteiger partial charge in [0.15, 0.2) is 0 Å². The molecule has 1 saturated carbocycles. The highest BCUT2D eigenvalue weighted by molar-refractivity contribution is 5.73. The summed E-state index contributed by atoms with van der Waals surface area (Å²) in [7, 11) is 0. The molecule has 3 nitrogen and oxygen atoms in total. The first kappa shape index (κ1) is 9.97. The van der Waals surface area contributed by atoms with Crippen molar-refractivity contribution in [3.63, 3.8) is 0 Å². The fourth-order valence-corrected chi connectivity index (χ4v) is 2.03. The Balaban J connectivity index is 1.62. The normalized spacial score (nSPS) is 28.1. The molecule has 80 valence electrons. The monoisotopic (exact) mass is 197 g/mol. The summed E-state index contributed by atoms with van der Waals surface area (Å²) in [4.78, 5) is 11.4. The summed E-state index contributed by atoms with van der Waals surface area (Å²) in [6.45, 7) is 2.76. The number of hydrogen-bond donors (Lipinski definition) is 1. The highest BCUT2D eigenvalue weighted by atomic mass is 16.5. The minimum Gasteiger partial charge on any atom is -0.465 e. The van der Waals surface area contributed by atoms with Crippen molar-refractivity contribution in [1.82, 2.24) is 5.32 Å². The van der Waals surface area contributed by atoms with Crippen molar-refractivity contribution in [2.75, 3.05) is 19.7 Å². The summed E-state index contributed by atoms with van der Waals surface area (Å²) in [6.07, 6.45) is 5.70. The van der Waals surface area contributed by atoms with Gasteiger partial charge in [-0.2, -0.15) is 0 Å². The van der Waals surface area contributed by atoms with Gasteiger partial charge in [0.25, 0.3) is 0 Å². The highest BCUT2D eigenvalue weighted by Crippen LogP contribution is 2.27. The van der Waals surface area contributed by atoms with Gasteiger partial charge in [-0.3, -0.25) is 4.79 Å². The van der Waals surface area contributed by atoms with Gasteiger partial charge in [-0.05, 0) is 32.2 Å². The second-order valence-corrected chi connectivity index (χ2v) is 4.47. The van der Waals surface area contributed by atoms with Gasteiger partial charge < -0.3 is 10.1 Å². The zero-order valence-electron chi connectivity index (χ0n) is 8.63. The first-order valence-electron chi connectivity index (χ1n) is 5.73. The third kappa shape index (κ3) is 2.47. The summed E-state index contributed by atoms with van der Waals surface area (Å²) >= 11 is 0. The summed E-state index contributed by atoms with van der Waals surface area (Å²) in [6, 6.07) is 0. The lowest BCUT2D eigenvalue weighted by molar-refractivity contribution is -0.153. The third-order valence-electron chi connectivity index (χ3n) is 3.30. The maximum absolute atomic E-state index is 11.4. The van der Waals surface area contributed by atoms with Crippen molar-refractivity contribution < 1.29 is 9.53 Å². The Morgan fingerprint density at radius 3 is 2.71 bits per heavy atom. The SMILES string of the molecule is O=C(OCC1CCCNC1)C1CCC1. The molecular formula is C11H19NO2. The number of carbonyl (C=O) groups is 1. The average Bonchev–Trinajstić information content (AvgIpc) is 2.14. The van der Waals surface area contributed by atoms with Crippen LogP contribution in [0.3, 0.4) is 0 Å². The van der Waals surface area contributed by atoms with Crippen molar-refractivity contribution in [1.29, 1.82) is 0 Å². The maximum Gasteiger partial charge on any atom is 0.308 e. The molecular weight excluding hydrogens is 178 g/mol. The molecule has 1 atom stereocenters. The predicted molar refractivity (Wildman–Crippen MR) is 53.9 cm³/mol. The van der Waals surface area contributed by atoms with E-state index in [1.165, 1.54) is 19.3 Å². The van der Waals surface area contributed by atoms with Crippen LogP contribution in [-0.4, -0.2) is 25.7 Å². The zero-order valence-corrected chi connectivity index (χ0v) is 8.63. The molecule has 1 aliphatic heterocycles. The van der Waals surface area contributed by atoms with Gasteiger partial charge in [-0.1, -0.05) is 6.42 Å². The zero-order chi connectivity index (χ0) is 9.80. The minimum atomic E-state index is 0.0434. The molecule has 0 amide bonds. The summed E-state index contributed by atoms with van der Waals surface area (Å²) < 4.78 is 5.31. The van der Waals surface area contributed by atoms with Gasteiger partial charge in [0.1, 0.15) is 0 Å². The van der Waals surface area contributed by atoms with E-state index in [-0.39, 0.29) is 11.9 Å². The minimum absolute atomic E-state index is 0.0434. The van der Waals surface area contributed by atoms with Crippen molar-refractivity contribution in [2.24, 2.45) is 11.8 Å². The lowest BCUT2D eigenvalue weighted by Crippen LogP contribution is -2.34. The molecule has 0 spiro atoms. The van der Waals surface area contributed by atoms with Crippen LogP contribution in [0.5, 0.6) is 0 Å². The van der Waals surface area contributed by atoms with E-state index in [0.29, 0.717) is 12.5 Å². The quantitative estimate of drug-likeness (QED) is 0.694. The molecule has 1 heterocycles. The molecule has 0 aromatic rings. The van der Waals surface area contributed by atoms with Crippen LogP contribution < -0.4 is 5.32 Å². The van der Waals surface area contributed by atoms with E-state index < -0.39 is 0 Å². The number of hydrogen-bond acceptors (Lipinski definition) is 3. The molecule has 1 aliphatic carbocycles. The van der Waals surface area contributed by atoms with Crippen LogP contribution >= 0.6 is 0 Å². The number of carbonyl (C=O) groups excluding carboxylic acids is 1. The van der Waals surface area contributed by atoms with Crippen LogP contribution in [0.4, 0.5) is 0 Å². The Hall–Kier alpha value is -0.570. The fourth-order valence-electron chi connectivity index (χ4n) is 2.03. The number of esters is 1. The molecule has 1 N–H and O–H groups in total. The Morgan fingerprint density at radius 1 is 1.29 bits per heavy atom. The summed E-state index contributed by atoms with van der Waals surface area (Å²) in [5.41, 5.74) is 0. The standard InChI is InChI=1S/C11H19NO2/c13-11(10-4-1-5-10)14-8-9-3-2-6-12-7-9/h9-10,12H,1-8H2. The molecule has 0 aromatic heterocycles. The number of nitrogens with one attached hydrogen (secondary N) is 1. The van der Waals surface area contributed by atoms with Crippen LogP contribution in [0.25, 0.3) is 0 Å². The molecule has 3 heteroatoms. The van der Waals surface area contributed by atoms with Gasteiger partial charge in [-0.25, -0.2) is 0 Å². The van der Waals surface area contributed by atoms with E-state index in [0.717, 1.165) is 25.9 Å². The second kappa shape index (κ2) is 4.78. The molecule has 0 aromatic carbocycles. The van der Waals surface area contributed by atoms with Crippen LogP contribution in [0.1, 0.15) is 32.1 Å². The number of ether oxygens (including phenoxy) is 1. The molecule has 2 fully saturated rings. The van der Waals surface area contributed by atoms with E-state index in [1.807, 2.05) is 0 Å². The van der Waals surface area contributed by atoms with Crippen LogP contribution in [0.2, 0.25) is 0 Å². The van der Waals surface area contributed by atoms with Gasteiger partial charge >= 0.3 is 5.97 Å². The van der Waals surface area contributed by atoms with Crippen LogP contribution in [0, 0.1) is 11.8 Å². The van der Waals surface area contributed by atoms with E-state index in [9.17, 15) is 4.79 Å². The molecule has 2 aliphatic rings. The Morgan fingerprint density at radius 2 is 2.14 bits per heavy atom. The summed E-state index contributed by atoms with van der Waals surface area (Å²) in [5, 5.41) is 3.32. The van der Waals surface area contributed by atoms with E-state index >= 15 is 0 Å². The average molecular weight is 197 g/mol. The van der Waals surface area contributed by atoms with Crippen molar-refractivity contribution in [2.45, 2.75) is 32.1 Å². The van der Waals surface area contributed by atoms with Crippen molar-refractivity contribution >= 4 is 5.97 Å². The smallest absolute Gasteiger partial charge is 0.308 e. The molecule has 14 heavy (non-hydrogen) atoms. The molecule has 0 bridgehead atoms. The Bertz CT molecular complexity index is 195.